The van der Waals surface area contributed by atoms with Crippen molar-refractivity contribution >= 4 is 6.41 Å². The van der Waals surface area contributed by atoms with E-state index in [2.05, 4.69) is 0 Å². The molecule has 0 radical (unpaired) electrons. The molecule has 0 bridgehead atoms. The summed E-state index contributed by atoms with van der Waals surface area (Å²) in [5.41, 5.74) is 0. The Morgan fingerprint density at radius 3 is 2.53 bits per heavy atom. The maximum absolute atomic E-state index is 10.8. The molecule has 1 aromatic heterocycles. The molecule has 0 unspecified atom stereocenters. The van der Waals surface area contributed by atoms with Crippen LogP contribution in [0.3, 0.4) is 0 Å². The van der Waals surface area contributed by atoms with Gasteiger partial charge in [-0.3, -0.25) is 4.79 Å². The molecule has 0 aromatic carbocycles. The first-order chi connectivity index (χ1) is 7.11. The van der Waals surface area contributed by atoms with Crippen LogP contribution in [0.2, 0.25) is 0 Å². The molecule has 0 aliphatic carbocycles. The van der Waals surface area contributed by atoms with Gasteiger partial charge in [-0.25, -0.2) is 0 Å². The standard InChI is InChI=1S/C11H18N2O2/c1-10-4-5-11(15-10)8-13(9-14)7-6-12(2)3/h4-5,9H,6-8H2,1-3H3. The summed E-state index contributed by atoms with van der Waals surface area (Å²) in [6, 6.07) is 3.81. The van der Waals surface area contributed by atoms with Gasteiger partial charge in [0, 0.05) is 13.1 Å². The number of hydrogen-bond acceptors (Lipinski definition) is 3. The van der Waals surface area contributed by atoms with E-state index in [1.165, 1.54) is 0 Å². The van der Waals surface area contributed by atoms with Crippen LogP contribution in [0.25, 0.3) is 0 Å². The number of carbonyl (C=O) groups excluding carboxylic acids is 1. The van der Waals surface area contributed by atoms with Crippen LogP contribution in [0, 0.1) is 6.92 Å². The smallest absolute Gasteiger partial charge is 0.210 e. The molecule has 0 aliphatic heterocycles. The average molecular weight is 210 g/mol. The van der Waals surface area contributed by atoms with E-state index in [9.17, 15) is 4.79 Å². The van der Waals surface area contributed by atoms with Crippen molar-refractivity contribution in [3.05, 3.63) is 23.7 Å². The highest BCUT2D eigenvalue weighted by molar-refractivity contribution is 5.47. The molecule has 1 aromatic rings. The Balaban J connectivity index is 2.43. The quantitative estimate of drug-likeness (QED) is 0.660. The van der Waals surface area contributed by atoms with Crippen LogP contribution in [0.4, 0.5) is 0 Å². The fraction of sp³-hybridized carbons (Fsp3) is 0.545. The van der Waals surface area contributed by atoms with Crippen molar-refractivity contribution in [2.75, 3.05) is 27.2 Å². The van der Waals surface area contributed by atoms with Gasteiger partial charge in [-0.05, 0) is 33.2 Å². The van der Waals surface area contributed by atoms with E-state index in [0.717, 1.165) is 31.0 Å². The number of hydrogen-bond donors (Lipinski definition) is 0. The third-order valence-corrected chi connectivity index (χ3v) is 2.14. The number of aryl methyl sites for hydroxylation is 1. The Hall–Kier alpha value is -1.29. The Kier molecular flexibility index (Phi) is 4.37. The highest BCUT2D eigenvalue weighted by atomic mass is 16.3. The molecule has 1 amide bonds. The molecule has 4 heteroatoms. The van der Waals surface area contributed by atoms with Crippen LogP contribution >= 0.6 is 0 Å². The second kappa shape index (κ2) is 5.56. The van der Waals surface area contributed by atoms with E-state index in [1.807, 2.05) is 38.1 Å². The lowest BCUT2D eigenvalue weighted by atomic mass is 10.4. The Morgan fingerprint density at radius 2 is 2.07 bits per heavy atom. The maximum atomic E-state index is 10.8. The molecule has 0 atom stereocenters. The third-order valence-electron chi connectivity index (χ3n) is 2.14. The zero-order valence-electron chi connectivity index (χ0n) is 9.56. The Bertz CT molecular complexity index is 307. The van der Waals surface area contributed by atoms with E-state index in [-0.39, 0.29) is 0 Å². The molecule has 0 spiro atoms. The van der Waals surface area contributed by atoms with Gasteiger partial charge in [0.25, 0.3) is 0 Å². The molecule has 1 heterocycles. The summed E-state index contributed by atoms with van der Waals surface area (Å²) in [6.45, 7) is 4.02. The molecule has 0 aliphatic rings. The molecule has 0 fully saturated rings. The number of furan rings is 1. The third kappa shape index (κ3) is 4.16. The van der Waals surface area contributed by atoms with Gasteiger partial charge in [-0.2, -0.15) is 0 Å². The summed E-state index contributed by atoms with van der Waals surface area (Å²) in [7, 11) is 3.97. The molecule has 0 saturated heterocycles. The van der Waals surface area contributed by atoms with Crippen molar-refractivity contribution in [3.63, 3.8) is 0 Å². The molecular weight excluding hydrogens is 192 g/mol. The van der Waals surface area contributed by atoms with Crippen LogP contribution in [0.5, 0.6) is 0 Å². The lowest BCUT2D eigenvalue weighted by Crippen LogP contribution is -2.30. The van der Waals surface area contributed by atoms with Crippen LogP contribution in [0.1, 0.15) is 11.5 Å². The number of nitrogens with zero attached hydrogens (tertiary/aromatic N) is 2. The second-order valence-electron chi connectivity index (χ2n) is 3.89. The van der Waals surface area contributed by atoms with Crippen molar-refractivity contribution in [1.82, 2.24) is 9.80 Å². The summed E-state index contributed by atoms with van der Waals surface area (Å²) >= 11 is 0. The first kappa shape index (κ1) is 11.8. The minimum atomic E-state index is 0.547. The SMILES string of the molecule is Cc1ccc(CN(C=O)CCN(C)C)o1. The summed E-state index contributed by atoms with van der Waals surface area (Å²) in [5.74, 6) is 1.71. The van der Waals surface area contributed by atoms with Gasteiger partial charge in [-0.1, -0.05) is 0 Å². The fourth-order valence-corrected chi connectivity index (χ4v) is 1.27. The van der Waals surface area contributed by atoms with Crippen LogP contribution in [-0.2, 0) is 11.3 Å². The van der Waals surface area contributed by atoms with E-state index in [4.69, 9.17) is 4.42 Å². The monoisotopic (exact) mass is 210 g/mol. The van der Waals surface area contributed by atoms with Crippen molar-refractivity contribution in [2.24, 2.45) is 0 Å². The van der Waals surface area contributed by atoms with Crippen molar-refractivity contribution in [1.29, 1.82) is 0 Å². The van der Waals surface area contributed by atoms with Gasteiger partial charge in [0.2, 0.25) is 6.41 Å². The van der Waals surface area contributed by atoms with Crippen molar-refractivity contribution in [3.8, 4) is 0 Å². The van der Waals surface area contributed by atoms with E-state index in [0.29, 0.717) is 6.54 Å². The topological polar surface area (TPSA) is 36.7 Å². The maximum Gasteiger partial charge on any atom is 0.210 e. The predicted molar refractivity (Wildman–Crippen MR) is 58.5 cm³/mol. The predicted octanol–water partition coefficient (Wildman–Crippen LogP) is 1.11. The highest BCUT2D eigenvalue weighted by Gasteiger charge is 2.06. The first-order valence-electron chi connectivity index (χ1n) is 5.01. The molecular formula is C11H18N2O2. The van der Waals surface area contributed by atoms with E-state index >= 15 is 0 Å². The minimum Gasteiger partial charge on any atom is -0.464 e. The largest absolute Gasteiger partial charge is 0.464 e. The lowest BCUT2D eigenvalue weighted by Gasteiger charge is -2.18. The lowest BCUT2D eigenvalue weighted by molar-refractivity contribution is -0.119. The normalized spacial score (nSPS) is 10.7. The van der Waals surface area contributed by atoms with E-state index in [1.54, 1.807) is 4.90 Å². The number of rotatable bonds is 6. The van der Waals surface area contributed by atoms with Gasteiger partial charge in [0.1, 0.15) is 11.5 Å². The van der Waals surface area contributed by atoms with E-state index < -0.39 is 0 Å². The average Bonchev–Trinajstić information content (AvgIpc) is 2.58. The number of amides is 1. The highest BCUT2D eigenvalue weighted by Crippen LogP contribution is 2.08. The molecule has 4 nitrogen and oxygen atoms in total. The van der Waals surface area contributed by atoms with Gasteiger partial charge >= 0.3 is 0 Å². The van der Waals surface area contributed by atoms with Gasteiger partial charge in [0.15, 0.2) is 0 Å². The van der Waals surface area contributed by atoms with Crippen LogP contribution in [0.15, 0.2) is 16.5 Å². The van der Waals surface area contributed by atoms with Gasteiger partial charge in [-0.15, -0.1) is 0 Å². The zero-order chi connectivity index (χ0) is 11.3. The summed E-state index contributed by atoms with van der Waals surface area (Å²) in [4.78, 5) is 14.5. The second-order valence-corrected chi connectivity index (χ2v) is 3.89. The Labute approximate surface area is 90.5 Å². The molecule has 0 N–H and O–H groups in total. The molecule has 15 heavy (non-hydrogen) atoms. The number of carbonyl (C=O) groups is 1. The first-order valence-corrected chi connectivity index (χ1v) is 5.01. The van der Waals surface area contributed by atoms with Crippen molar-refractivity contribution < 1.29 is 9.21 Å². The summed E-state index contributed by atoms with van der Waals surface area (Å²) in [6.07, 6.45) is 0.862. The number of likely N-dealkylation sites (N-methyl/N-ethyl adjacent to an activating group) is 1. The summed E-state index contributed by atoms with van der Waals surface area (Å²) < 4.78 is 5.41. The minimum absolute atomic E-state index is 0.547. The molecule has 0 saturated carbocycles. The van der Waals surface area contributed by atoms with Crippen molar-refractivity contribution in [2.45, 2.75) is 13.5 Å². The molecule has 84 valence electrons. The molecule has 1 rings (SSSR count). The van der Waals surface area contributed by atoms with Gasteiger partial charge < -0.3 is 14.2 Å². The Morgan fingerprint density at radius 1 is 1.33 bits per heavy atom. The fourth-order valence-electron chi connectivity index (χ4n) is 1.27. The zero-order valence-corrected chi connectivity index (χ0v) is 9.56. The van der Waals surface area contributed by atoms with Crippen LogP contribution in [-0.4, -0.2) is 43.4 Å². The van der Waals surface area contributed by atoms with Gasteiger partial charge in [0.05, 0.1) is 6.54 Å². The van der Waals surface area contributed by atoms with Crippen LogP contribution < -0.4 is 0 Å². The summed E-state index contributed by atoms with van der Waals surface area (Å²) in [5, 5.41) is 0.